The molecule has 0 aliphatic carbocycles. The number of thiazole rings is 1. The van der Waals surface area contributed by atoms with E-state index in [2.05, 4.69) is 29.1 Å². The van der Waals surface area contributed by atoms with Crippen LogP contribution in [0, 0.1) is 13.8 Å². The summed E-state index contributed by atoms with van der Waals surface area (Å²) in [6.07, 6.45) is 3.59. The van der Waals surface area contributed by atoms with Gasteiger partial charge in [0.1, 0.15) is 22.3 Å². The number of nitrogens with one attached hydrogen (secondary N) is 1. The summed E-state index contributed by atoms with van der Waals surface area (Å²) in [6, 6.07) is 4.06. The van der Waals surface area contributed by atoms with Gasteiger partial charge in [-0.2, -0.15) is 5.10 Å². The molecule has 0 radical (unpaired) electrons. The number of anilines is 1. The maximum Gasteiger partial charge on any atom is 0.226 e. The third-order valence-electron chi connectivity index (χ3n) is 5.06. The molecule has 4 aromatic heterocycles. The molecule has 0 atom stereocenters. The zero-order valence-corrected chi connectivity index (χ0v) is 20.1. The number of pyridine rings is 2. The smallest absolute Gasteiger partial charge is 0.226 e. The zero-order chi connectivity index (χ0) is 22.8. The second-order valence-corrected chi connectivity index (χ2v) is 9.02. The van der Waals surface area contributed by atoms with Gasteiger partial charge < -0.3 is 14.8 Å². The molecule has 0 saturated heterocycles. The topological polar surface area (TPSA) is 87.0 Å². The zero-order valence-electron chi connectivity index (χ0n) is 19.3. The van der Waals surface area contributed by atoms with Crippen LogP contribution in [-0.2, 0) is 6.54 Å². The van der Waals surface area contributed by atoms with Crippen molar-refractivity contribution in [2.75, 3.05) is 19.0 Å². The third kappa shape index (κ3) is 4.12. The van der Waals surface area contributed by atoms with Gasteiger partial charge in [-0.1, -0.05) is 0 Å². The number of rotatable bonds is 8. The van der Waals surface area contributed by atoms with Crippen LogP contribution >= 0.6 is 11.3 Å². The Morgan fingerprint density at radius 2 is 2.03 bits per heavy atom. The fourth-order valence-electron chi connectivity index (χ4n) is 3.68. The first-order valence-corrected chi connectivity index (χ1v) is 11.5. The molecule has 0 aliphatic heterocycles. The molecule has 8 nitrogen and oxygen atoms in total. The number of hydrogen-bond acceptors (Lipinski definition) is 8. The van der Waals surface area contributed by atoms with Crippen LogP contribution in [0.3, 0.4) is 0 Å². The highest BCUT2D eigenvalue weighted by Gasteiger charge is 2.22. The molecule has 4 aromatic rings. The molecular formula is C23H28N6O2S. The predicted octanol–water partition coefficient (Wildman–Crippen LogP) is 5.17. The van der Waals surface area contributed by atoms with Crippen LogP contribution in [0.5, 0.6) is 11.6 Å². The summed E-state index contributed by atoms with van der Waals surface area (Å²) in [5, 5.41) is 9.41. The summed E-state index contributed by atoms with van der Waals surface area (Å²) in [5.41, 5.74) is 5.08. The van der Waals surface area contributed by atoms with E-state index >= 15 is 0 Å². The second-order valence-electron chi connectivity index (χ2n) is 7.70. The summed E-state index contributed by atoms with van der Waals surface area (Å²) in [7, 11) is 1.60. The largest absolute Gasteiger partial charge is 0.493 e. The highest BCUT2D eigenvalue weighted by atomic mass is 32.1. The van der Waals surface area contributed by atoms with Gasteiger partial charge in [0.2, 0.25) is 5.88 Å². The summed E-state index contributed by atoms with van der Waals surface area (Å²) in [6.45, 7) is 11.4. The third-order valence-corrected chi connectivity index (χ3v) is 5.97. The molecule has 0 saturated carbocycles. The predicted molar refractivity (Wildman–Crippen MR) is 128 cm³/mol. The molecule has 4 rings (SSSR count). The Hall–Kier alpha value is -3.20. The van der Waals surface area contributed by atoms with Crippen molar-refractivity contribution < 1.29 is 9.47 Å². The van der Waals surface area contributed by atoms with Gasteiger partial charge in [0, 0.05) is 23.3 Å². The van der Waals surface area contributed by atoms with Gasteiger partial charge in [0.05, 0.1) is 42.3 Å². The molecule has 0 unspecified atom stereocenters. The number of hydrogen-bond donors (Lipinski definition) is 1. The summed E-state index contributed by atoms with van der Waals surface area (Å²) >= 11 is 1.68. The first-order valence-electron chi connectivity index (χ1n) is 10.6. The molecule has 0 aromatic carbocycles. The van der Waals surface area contributed by atoms with Gasteiger partial charge in [-0.3, -0.25) is 4.68 Å². The van der Waals surface area contributed by atoms with Crippen molar-refractivity contribution in [3.05, 3.63) is 40.1 Å². The van der Waals surface area contributed by atoms with E-state index in [4.69, 9.17) is 19.6 Å². The minimum atomic E-state index is 0.192. The molecule has 0 aliphatic rings. The average molecular weight is 453 g/mol. The van der Waals surface area contributed by atoms with Gasteiger partial charge in [0.15, 0.2) is 0 Å². The first-order chi connectivity index (χ1) is 15.4. The molecule has 0 fully saturated rings. The number of methoxy groups -OCH3 is 1. The van der Waals surface area contributed by atoms with Crippen molar-refractivity contribution in [3.8, 4) is 22.9 Å². The summed E-state index contributed by atoms with van der Waals surface area (Å²) in [5.74, 6) is 1.16. The van der Waals surface area contributed by atoms with Crippen LogP contribution in [0.1, 0.15) is 42.4 Å². The molecule has 0 amide bonds. The van der Waals surface area contributed by atoms with Crippen LogP contribution in [0.15, 0.2) is 24.5 Å². The lowest BCUT2D eigenvalue weighted by atomic mass is 10.1. The Morgan fingerprint density at radius 3 is 2.69 bits per heavy atom. The Kier molecular flexibility index (Phi) is 6.27. The standard InChI is InChI=1S/C23H28N6O2S/c1-7-31-19-8-9-24-23(30-6)20(19)17-10-18(26-12-16-11-25-15(5)32-16)22-21(27-17)14(4)28-29(22)13(2)3/h8-11,13H,7,12H2,1-6H3,(H,26,27). The molecule has 4 heterocycles. The van der Waals surface area contributed by atoms with E-state index in [1.54, 1.807) is 24.6 Å². The maximum atomic E-state index is 5.88. The summed E-state index contributed by atoms with van der Waals surface area (Å²) < 4.78 is 13.5. The first kappa shape index (κ1) is 22.0. The molecule has 1 N–H and O–H groups in total. The van der Waals surface area contributed by atoms with Gasteiger partial charge in [-0.05, 0) is 46.8 Å². The van der Waals surface area contributed by atoms with Gasteiger partial charge in [0.25, 0.3) is 0 Å². The Labute approximate surface area is 191 Å². The number of nitrogens with zero attached hydrogens (tertiary/aromatic N) is 5. The van der Waals surface area contributed by atoms with Gasteiger partial charge in [-0.25, -0.2) is 15.0 Å². The van der Waals surface area contributed by atoms with Crippen molar-refractivity contribution in [3.63, 3.8) is 0 Å². The normalized spacial score (nSPS) is 11.3. The molecule has 168 valence electrons. The van der Waals surface area contributed by atoms with Crippen molar-refractivity contribution in [2.24, 2.45) is 0 Å². The van der Waals surface area contributed by atoms with E-state index in [1.165, 1.54) is 0 Å². The average Bonchev–Trinajstić information content (AvgIpc) is 3.35. The van der Waals surface area contributed by atoms with E-state index in [0.29, 0.717) is 24.8 Å². The Balaban J connectivity index is 1.91. The quantitative estimate of drug-likeness (QED) is 0.395. The second kappa shape index (κ2) is 9.12. The lowest BCUT2D eigenvalue weighted by molar-refractivity contribution is 0.336. The van der Waals surface area contributed by atoms with E-state index in [1.807, 2.05) is 43.8 Å². The van der Waals surface area contributed by atoms with Crippen molar-refractivity contribution in [2.45, 2.75) is 47.2 Å². The SMILES string of the molecule is CCOc1ccnc(OC)c1-c1cc(NCc2cnc(C)s2)c2c(n1)c(C)nn2C(C)C. The number of ether oxygens (including phenoxy) is 2. The highest BCUT2D eigenvalue weighted by molar-refractivity contribution is 7.11. The minimum absolute atomic E-state index is 0.192. The molecule has 0 spiro atoms. The Morgan fingerprint density at radius 1 is 1.22 bits per heavy atom. The van der Waals surface area contributed by atoms with Crippen molar-refractivity contribution >= 4 is 28.1 Å². The van der Waals surface area contributed by atoms with Crippen LogP contribution < -0.4 is 14.8 Å². The van der Waals surface area contributed by atoms with Crippen molar-refractivity contribution in [1.82, 2.24) is 24.7 Å². The molecule has 0 bridgehead atoms. The van der Waals surface area contributed by atoms with E-state index in [0.717, 1.165) is 43.6 Å². The Bertz CT molecular complexity index is 1250. The number of fused-ring (bicyclic) bond motifs is 1. The van der Waals surface area contributed by atoms with E-state index in [9.17, 15) is 0 Å². The lowest BCUT2D eigenvalue weighted by Crippen LogP contribution is -2.07. The minimum Gasteiger partial charge on any atom is -0.493 e. The van der Waals surface area contributed by atoms with Crippen LogP contribution in [0.4, 0.5) is 5.69 Å². The number of aromatic nitrogens is 5. The van der Waals surface area contributed by atoms with Crippen LogP contribution in [0.2, 0.25) is 0 Å². The fraction of sp³-hybridized carbons (Fsp3) is 0.391. The fourth-order valence-corrected chi connectivity index (χ4v) is 4.41. The van der Waals surface area contributed by atoms with Crippen LogP contribution in [0.25, 0.3) is 22.3 Å². The molecule has 32 heavy (non-hydrogen) atoms. The molecule has 9 heteroatoms. The molecular weight excluding hydrogens is 424 g/mol. The van der Waals surface area contributed by atoms with Gasteiger partial charge in [-0.15, -0.1) is 11.3 Å². The van der Waals surface area contributed by atoms with E-state index < -0.39 is 0 Å². The number of aryl methyl sites for hydroxylation is 2. The summed E-state index contributed by atoms with van der Waals surface area (Å²) in [4.78, 5) is 14.9. The maximum absolute atomic E-state index is 5.88. The highest BCUT2D eigenvalue weighted by Crippen LogP contribution is 2.39. The van der Waals surface area contributed by atoms with Crippen LogP contribution in [-0.4, -0.2) is 38.4 Å². The van der Waals surface area contributed by atoms with Crippen molar-refractivity contribution in [1.29, 1.82) is 0 Å². The monoisotopic (exact) mass is 452 g/mol. The van der Waals surface area contributed by atoms with Gasteiger partial charge >= 0.3 is 0 Å². The lowest BCUT2D eigenvalue weighted by Gasteiger charge is -2.16. The van der Waals surface area contributed by atoms with E-state index in [-0.39, 0.29) is 6.04 Å².